The van der Waals surface area contributed by atoms with Gasteiger partial charge in [-0.2, -0.15) is 0 Å². The minimum atomic E-state index is -0.392. The number of benzene rings is 1. The van der Waals surface area contributed by atoms with Crippen molar-refractivity contribution < 1.29 is 19.4 Å². The number of ether oxygens (including phenoxy) is 2. The largest absolute Gasteiger partial charge is 0.493 e. The molecule has 1 heterocycles. The van der Waals surface area contributed by atoms with Crippen LogP contribution < -0.4 is 14.8 Å². The van der Waals surface area contributed by atoms with Crippen molar-refractivity contribution in [2.45, 2.75) is 12.6 Å². The van der Waals surface area contributed by atoms with Gasteiger partial charge in [0.05, 0.1) is 33.4 Å². The lowest BCUT2D eigenvalue weighted by Gasteiger charge is -2.35. The number of para-hydroxylation sites is 1. The first-order valence-electron chi connectivity index (χ1n) is 6.06. The van der Waals surface area contributed by atoms with Crippen molar-refractivity contribution in [3.63, 3.8) is 0 Å². The number of carbonyl (C=O) groups excluding carboxylic acids is 1. The van der Waals surface area contributed by atoms with Crippen LogP contribution >= 0.6 is 0 Å². The van der Waals surface area contributed by atoms with E-state index in [4.69, 9.17) is 14.6 Å². The highest BCUT2D eigenvalue weighted by atomic mass is 16.5. The molecule has 6 heteroatoms. The zero-order valence-corrected chi connectivity index (χ0v) is 11.0. The van der Waals surface area contributed by atoms with Gasteiger partial charge in [0, 0.05) is 12.1 Å². The third-order valence-corrected chi connectivity index (χ3v) is 3.06. The maximum Gasteiger partial charge on any atom is 0.317 e. The second kappa shape index (κ2) is 5.79. The van der Waals surface area contributed by atoms with Crippen LogP contribution in [0.3, 0.4) is 0 Å². The molecule has 2 amide bonds. The van der Waals surface area contributed by atoms with Crippen molar-refractivity contribution >= 4 is 6.03 Å². The Labute approximate surface area is 111 Å². The summed E-state index contributed by atoms with van der Waals surface area (Å²) in [5.41, 5.74) is 0.844. The van der Waals surface area contributed by atoms with Crippen molar-refractivity contribution in [1.82, 2.24) is 10.2 Å². The van der Waals surface area contributed by atoms with E-state index in [-0.39, 0.29) is 6.03 Å². The van der Waals surface area contributed by atoms with E-state index < -0.39 is 6.10 Å². The minimum Gasteiger partial charge on any atom is -0.493 e. The van der Waals surface area contributed by atoms with Gasteiger partial charge in [-0.3, -0.25) is 0 Å². The number of aliphatic hydroxyl groups is 1. The molecule has 2 N–H and O–H groups in total. The standard InChI is InChI=1S/C13H18N2O4/c1-18-11-5-3-4-9(12(11)19-2)6-14-13(17)15-7-10(16)8-15/h3-5,10,16H,6-8H2,1-2H3,(H,14,17). The van der Waals surface area contributed by atoms with Crippen molar-refractivity contribution in [2.24, 2.45) is 0 Å². The van der Waals surface area contributed by atoms with Crippen LogP contribution in [-0.2, 0) is 6.54 Å². The molecule has 0 spiro atoms. The van der Waals surface area contributed by atoms with Gasteiger partial charge in [0.2, 0.25) is 0 Å². The van der Waals surface area contributed by atoms with Crippen molar-refractivity contribution in [1.29, 1.82) is 0 Å². The maximum atomic E-state index is 11.7. The normalized spacial score (nSPS) is 14.8. The molecule has 104 valence electrons. The molecule has 1 aromatic carbocycles. The summed E-state index contributed by atoms with van der Waals surface area (Å²) in [6, 6.07) is 5.33. The van der Waals surface area contributed by atoms with Crippen LogP contribution in [0.4, 0.5) is 4.79 Å². The third-order valence-electron chi connectivity index (χ3n) is 3.06. The number of aliphatic hydroxyl groups excluding tert-OH is 1. The van der Waals surface area contributed by atoms with E-state index in [1.165, 1.54) is 0 Å². The van der Waals surface area contributed by atoms with Gasteiger partial charge >= 0.3 is 6.03 Å². The Hall–Kier alpha value is -1.95. The highest BCUT2D eigenvalue weighted by Gasteiger charge is 2.28. The molecular weight excluding hydrogens is 248 g/mol. The van der Waals surface area contributed by atoms with E-state index in [0.29, 0.717) is 31.1 Å². The number of likely N-dealkylation sites (tertiary alicyclic amines) is 1. The number of methoxy groups -OCH3 is 2. The van der Waals surface area contributed by atoms with E-state index in [9.17, 15) is 4.79 Å². The summed E-state index contributed by atoms with van der Waals surface area (Å²) >= 11 is 0. The van der Waals surface area contributed by atoms with Crippen LogP contribution in [0, 0.1) is 0 Å². The van der Waals surface area contributed by atoms with Gasteiger partial charge in [-0.05, 0) is 6.07 Å². The van der Waals surface area contributed by atoms with E-state index in [1.807, 2.05) is 12.1 Å². The molecule has 0 unspecified atom stereocenters. The number of β-amino-alcohol motifs (C(OH)–C–C–N with tert-alkyl or cyclic N) is 1. The molecule has 0 aliphatic carbocycles. The van der Waals surface area contributed by atoms with Gasteiger partial charge in [0.15, 0.2) is 11.5 Å². The average molecular weight is 266 g/mol. The highest BCUT2D eigenvalue weighted by Crippen LogP contribution is 2.30. The van der Waals surface area contributed by atoms with E-state index >= 15 is 0 Å². The summed E-state index contributed by atoms with van der Waals surface area (Å²) in [4.78, 5) is 13.3. The lowest BCUT2D eigenvalue weighted by atomic mass is 10.1. The number of hydrogen-bond acceptors (Lipinski definition) is 4. The Kier molecular flexibility index (Phi) is 4.11. The molecule has 19 heavy (non-hydrogen) atoms. The van der Waals surface area contributed by atoms with Crippen molar-refractivity contribution in [3.8, 4) is 11.5 Å². The fraction of sp³-hybridized carbons (Fsp3) is 0.462. The number of nitrogens with zero attached hydrogens (tertiary/aromatic N) is 1. The van der Waals surface area contributed by atoms with Gasteiger partial charge in [0.25, 0.3) is 0 Å². The SMILES string of the molecule is COc1cccc(CNC(=O)N2CC(O)C2)c1OC. The number of amides is 2. The van der Waals surface area contributed by atoms with E-state index in [1.54, 1.807) is 25.2 Å². The predicted molar refractivity (Wildman–Crippen MR) is 69.4 cm³/mol. The lowest BCUT2D eigenvalue weighted by molar-refractivity contribution is 0.0265. The first-order valence-corrected chi connectivity index (χ1v) is 6.06. The summed E-state index contributed by atoms with van der Waals surface area (Å²) in [6.07, 6.45) is -0.392. The lowest BCUT2D eigenvalue weighted by Crippen LogP contribution is -2.56. The molecule has 0 saturated carbocycles. The third kappa shape index (κ3) is 2.90. The van der Waals surface area contributed by atoms with Crippen LogP contribution in [0.5, 0.6) is 11.5 Å². The fourth-order valence-electron chi connectivity index (χ4n) is 2.00. The molecule has 0 atom stereocenters. The minimum absolute atomic E-state index is 0.185. The van der Waals surface area contributed by atoms with E-state index in [0.717, 1.165) is 5.56 Å². The number of nitrogens with one attached hydrogen (secondary N) is 1. The molecular formula is C13H18N2O4. The first-order chi connectivity index (χ1) is 9.15. The van der Waals surface area contributed by atoms with Crippen molar-refractivity contribution in [3.05, 3.63) is 23.8 Å². The zero-order chi connectivity index (χ0) is 13.8. The smallest absolute Gasteiger partial charge is 0.317 e. The van der Waals surface area contributed by atoms with Gasteiger partial charge in [-0.25, -0.2) is 4.79 Å². The predicted octanol–water partition coefficient (Wildman–Crippen LogP) is 0.590. The van der Waals surface area contributed by atoms with Gasteiger partial charge in [-0.15, -0.1) is 0 Å². The summed E-state index contributed by atoms with van der Waals surface area (Å²) in [5.74, 6) is 1.25. The zero-order valence-electron chi connectivity index (χ0n) is 11.0. The Balaban J connectivity index is 1.97. The summed E-state index contributed by atoms with van der Waals surface area (Å²) in [7, 11) is 3.14. The Bertz CT molecular complexity index is 458. The molecule has 0 aromatic heterocycles. The number of urea groups is 1. The van der Waals surface area contributed by atoms with Gasteiger partial charge < -0.3 is 24.8 Å². The molecule has 1 aliphatic rings. The molecule has 0 bridgehead atoms. The quantitative estimate of drug-likeness (QED) is 0.836. The first kappa shape index (κ1) is 13.5. The van der Waals surface area contributed by atoms with Crippen LogP contribution in [0.25, 0.3) is 0 Å². The molecule has 1 aromatic rings. The molecule has 1 fully saturated rings. The molecule has 1 aliphatic heterocycles. The molecule has 6 nitrogen and oxygen atoms in total. The summed E-state index contributed by atoms with van der Waals surface area (Å²) in [6.45, 7) is 1.13. The highest BCUT2D eigenvalue weighted by molar-refractivity contribution is 5.75. The van der Waals surface area contributed by atoms with Crippen LogP contribution in [0.2, 0.25) is 0 Å². The van der Waals surface area contributed by atoms with Gasteiger partial charge in [-0.1, -0.05) is 12.1 Å². The molecule has 2 rings (SSSR count). The van der Waals surface area contributed by atoms with Gasteiger partial charge in [0.1, 0.15) is 0 Å². The van der Waals surface area contributed by atoms with Crippen LogP contribution in [0.15, 0.2) is 18.2 Å². The Morgan fingerprint density at radius 1 is 1.42 bits per heavy atom. The number of hydrogen-bond donors (Lipinski definition) is 2. The maximum absolute atomic E-state index is 11.7. The number of carbonyl (C=O) groups is 1. The second-order valence-corrected chi connectivity index (χ2v) is 4.37. The Morgan fingerprint density at radius 2 is 2.16 bits per heavy atom. The Morgan fingerprint density at radius 3 is 2.74 bits per heavy atom. The van der Waals surface area contributed by atoms with E-state index in [2.05, 4.69) is 5.32 Å². The monoisotopic (exact) mass is 266 g/mol. The summed E-state index contributed by atoms with van der Waals surface area (Å²) < 4.78 is 10.5. The second-order valence-electron chi connectivity index (χ2n) is 4.37. The molecule has 0 radical (unpaired) electrons. The van der Waals surface area contributed by atoms with Crippen LogP contribution in [0.1, 0.15) is 5.56 Å². The molecule has 1 saturated heterocycles. The fourth-order valence-corrected chi connectivity index (χ4v) is 2.00. The topological polar surface area (TPSA) is 71.0 Å². The number of rotatable bonds is 4. The van der Waals surface area contributed by atoms with Crippen LogP contribution in [-0.4, -0.2) is 49.5 Å². The van der Waals surface area contributed by atoms with Crippen molar-refractivity contribution in [2.75, 3.05) is 27.3 Å². The average Bonchev–Trinajstić information content (AvgIpc) is 2.40. The summed E-state index contributed by atoms with van der Waals surface area (Å²) in [5, 5.41) is 11.9.